The lowest BCUT2D eigenvalue weighted by molar-refractivity contribution is -0.385. The van der Waals surface area contributed by atoms with Gasteiger partial charge < -0.3 is 14.9 Å². The van der Waals surface area contributed by atoms with Crippen LogP contribution in [0.4, 0.5) is 14.9 Å². The van der Waals surface area contributed by atoms with E-state index in [0.29, 0.717) is 17.5 Å². The molecule has 0 radical (unpaired) electrons. The molecule has 0 aliphatic carbocycles. The lowest BCUT2D eigenvalue weighted by Crippen LogP contribution is -2.47. The number of aliphatic imine (C=N–C) groups is 1. The number of likely N-dealkylation sites (N-methyl/N-ethyl adjacent to an activating group) is 1. The highest BCUT2D eigenvalue weighted by Gasteiger charge is 2.42. The second-order valence-corrected chi connectivity index (χ2v) is 8.31. The van der Waals surface area contributed by atoms with Gasteiger partial charge in [-0.05, 0) is 36.6 Å². The zero-order valence-electron chi connectivity index (χ0n) is 19.3. The Bertz CT molecular complexity index is 1170. The average molecular weight is 484 g/mol. The van der Waals surface area contributed by atoms with Crippen LogP contribution in [-0.2, 0) is 16.0 Å². The molecule has 0 spiro atoms. The van der Waals surface area contributed by atoms with E-state index in [4.69, 9.17) is 0 Å². The molecule has 0 fully saturated rings. The number of aliphatic carboxylic acids is 1. The third kappa shape index (κ3) is 6.05. The summed E-state index contributed by atoms with van der Waals surface area (Å²) in [4.78, 5) is 54.6. The maximum absolute atomic E-state index is 13.1. The van der Waals surface area contributed by atoms with Crippen LogP contribution in [0.5, 0.6) is 0 Å². The lowest BCUT2D eigenvalue weighted by Gasteiger charge is -2.38. The van der Waals surface area contributed by atoms with E-state index in [0.717, 1.165) is 0 Å². The molecule has 1 aliphatic rings. The quantitative estimate of drug-likeness (QED) is 0.428. The van der Waals surface area contributed by atoms with E-state index in [-0.39, 0.29) is 36.8 Å². The van der Waals surface area contributed by atoms with Gasteiger partial charge in [0, 0.05) is 38.0 Å². The molecule has 3 rings (SSSR count). The van der Waals surface area contributed by atoms with Crippen LogP contribution in [0.25, 0.3) is 0 Å². The maximum atomic E-state index is 13.1. The largest absolute Gasteiger partial charge is 0.481 e. The van der Waals surface area contributed by atoms with Crippen molar-refractivity contribution >= 4 is 29.3 Å². The summed E-state index contributed by atoms with van der Waals surface area (Å²) < 4.78 is 13.1. The van der Waals surface area contributed by atoms with Gasteiger partial charge in [0.05, 0.1) is 17.4 Å². The van der Waals surface area contributed by atoms with Gasteiger partial charge in [-0.3, -0.25) is 19.7 Å². The van der Waals surface area contributed by atoms with E-state index in [1.165, 1.54) is 59.2 Å². The highest BCUT2D eigenvalue weighted by atomic mass is 19.1. The fourth-order valence-corrected chi connectivity index (χ4v) is 4.07. The van der Waals surface area contributed by atoms with Gasteiger partial charge in [0.1, 0.15) is 11.7 Å². The monoisotopic (exact) mass is 484 g/mol. The average Bonchev–Trinajstić information content (AvgIpc) is 2.81. The van der Waals surface area contributed by atoms with E-state index in [1.54, 1.807) is 13.1 Å². The van der Waals surface area contributed by atoms with Gasteiger partial charge in [-0.1, -0.05) is 24.3 Å². The standard InChI is InChI=1S/C24H25FN4O6/c1-15-21(23(31)32)22(17-5-3-6-19(14-17)29(34)35)28(24(33)26-15)12-4-11-27(2)20(30)13-16-7-9-18(25)10-8-16/h3,5-10,14,21-22H,4,11-13H2,1-2H3,(H,31,32). The molecular weight excluding hydrogens is 459 g/mol. The minimum absolute atomic E-state index is 0.0836. The highest BCUT2D eigenvalue weighted by Crippen LogP contribution is 2.35. The predicted octanol–water partition coefficient (Wildman–Crippen LogP) is 3.46. The van der Waals surface area contributed by atoms with Crippen LogP contribution in [0.3, 0.4) is 0 Å². The van der Waals surface area contributed by atoms with Crippen molar-refractivity contribution in [3.63, 3.8) is 0 Å². The summed E-state index contributed by atoms with van der Waals surface area (Å²) in [6.45, 7) is 1.80. The van der Waals surface area contributed by atoms with Crippen LogP contribution in [0.1, 0.15) is 30.5 Å². The molecule has 2 aromatic rings. The Morgan fingerprint density at radius 1 is 1.23 bits per heavy atom. The summed E-state index contributed by atoms with van der Waals surface area (Å²) in [5.41, 5.74) is 0.872. The summed E-state index contributed by atoms with van der Waals surface area (Å²) in [5.74, 6) is -2.97. The Hall–Kier alpha value is -4.15. The second-order valence-electron chi connectivity index (χ2n) is 8.31. The zero-order chi connectivity index (χ0) is 25.7. The van der Waals surface area contributed by atoms with E-state index < -0.39 is 34.7 Å². The molecule has 2 unspecified atom stereocenters. The summed E-state index contributed by atoms with van der Waals surface area (Å²) in [5, 5.41) is 21.1. The first kappa shape index (κ1) is 25.5. The number of carboxylic acid groups (broad SMARTS) is 1. The number of amides is 3. The number of nitro benzene ring substituents is 1. The molecule has 1 heterocycles. The number of nitrogens with zero attached hydrogens (tertiary/aromatic N) is 4. The fourth-order valence-electron chi connectivity index (χ4n) is 4.07. The molecule has 0 bridgehead atoms. The van der Waals surface area contributed by atoms with Crippen molar-refractivity contribution in [3.05, 3.63) is 75.6 Å². The van der Waals surface area contributed by atoms with Crippen LogP contribution in [0.2, 0.25) is 0 Å². The van der Waals surface area contributed by atoms with Gasteiger partial charge in [0.15, 0.2) is 0 Å². The first-order chi connectivity index (χ1) is 16.6. The molecular formula is C24H25FN4O6. The first-order valence-corrected chi connectivity index (χ1v) is 10.9. The Labute approximate surface area is 200 Å². The van der Waals surface area contributed by atoms with Crippen molar-refractivity contribution in [1.29, 1.82) is 0 Å². The molecule has 0 saturated heterocycles. The topological polar surface area (TPSA) is 133 Å². The molecule has 35 heavy (non-hydrogen) atoms. The summed E-state index contributed by atoms with van der Waals surface area (Å²) in [7, 11) is 1.60. The normalized spacial score (nSPS) is 17.6. The van der Waals surface area contributed by atoms with Crippen LogP contribution in [0, 0.1) is 21.8 Å². The smallest absolute Gasteiger partial charge is 0.344 e. The van der Waals surface area contributed by atoms with Gasteiger partial charge in [-0.2, -0.15) is 0 Å². The molecule has 1 N–H and O–H groups in total. The molecule has 3 amide bonds. The molecule has 1 aliphatic heterocycles. The number of carbonyl (C=O) groups excluding carboxylic acids is 2. The molecule has 0 saturated carbocycles. The number of halogens is 1. The molecule has 2 aromatic carbocycles. The first-order valence-electron chi connectivity index (χ1n) is 10.9. The van der Waals surface area contributed by atoms with Crippen molar-refractivity contribution in [1.82, 2.24) is 9.80 Å². The van der Waals surface area contributed by atoms with Gasteiger partial charge in [-0.15, -0.1) is 0 Å². The number of nitro groups is 1. The lowest BCUT2D eigenvalue weighted by atomic mass is 9.86. The molecule has 10 nitrogen and oxygen atoms in total. The number of urea groups is 1. The number of rotatable bonds is 9. The Morgan fingerprint density at radius 3 is 2.54 bits per heavy atom. The number of carbonyl (C=O) groups is 3. The van der Waals surface area contributed by atoms with E-state index in [1.807, 2.05) is 0 Å². The number of non-ortho nitro benzene ring substituents is 1. The molecule has 0 aromatic heterocycles. The summed E-state index contributed by atoms with van der Waals surface area (Å²) in [6, 6.07) is 9.53. The van der Waals surface area contributed by atoms with Gasteiger partial charge >= 0.3 is 12.0 Å². The van der Waals surface area contributed by atoms with Crippen molar-refractivity contribution in [3.8, 4) is 0 Å². The van der Waals surface area contributed by atoms with E-state index >= 15 is 0 Å². The minimum atomic E-state index is -1.20. The Kier molecular flexibility index (Phi) is 7.90. The fraction of sp³-hybridized carbons (Fsp3) is 0.333. The summed E-state index contributed by atoms with van der Waals surface area (Å²) in [6.07, 6.45) is 0.407. The molecule has 184 valence electrons. The van der Waals surface area contributed by atoms with Crippen molar-refractivity contribution in [2.45, 2.75) is 25.8 Å². The van der Waals surface area contributed by atoms with Crippen molar-refractivity contribution in [2.24, 2.45) is 10.9 Å². The van der Waals surface area contributed by atoms with E-state index in [9.17, 15) is 34.0 Å². The predicted molar refractivity (Wildman–Crippen MR) is 125 cm³/mol. The van der Waals surface area contributed by atoms with Crippen LogP contribution >= 0.6 is 0 Å². The van der Waals surface area contributed by atoms with Crippen LogP contribution in [0.15, 0.2) is 53.5 Å². The minimum Gasteiger partial charge on any atom is -0.481 e. The number of hydrogen-bond donors (Lipinski definition) is 1. The van der Waals surface area contributed by atoms with Crippen molar-refractivity contribution in [2.75, 3.05) is 20.1 Å². The summed E-state index contributed by atoms with van der Waals surface area (Å²) >= 11 is 0. The number of hydrogen-bond acceptors (Lipinski definition) is 5. The third-order valence-electron chi connectivity index (χ3n) is 5.89. The maximum Gasteiger partial charge on any atom is 0.344 e. The third-order valence-corrected chi connectivity index (χ3v) is 5.89. The van der Waals surface area contributed by atoms with Gasteiger partial charge in [-0.25, -0.2) is 14.2 Å². The Morgan fingerprint density at radius 2 is 1.91 bits per heavy atom. The SMILES string of the molecule is CC1=NC(=O)N(CCCN(C)C(=O)Cc2ccc(F)cc2)C(c2cccc([N+](=O)[O-])c2)C1C(=O)O. The molecule has 2 atom stereocenters. The second kappa shape index (κ2) is 10.9. The zero-order valence-corrected chi connectivity index (χ0v) is 19.3. The number of benzene rings is 2. The highest BCUT2D eigenvalue weighted by molar-refractivity contribution is 6.07. The Balaban J connectivity index is 1.75. The van der Waals surface area contributed by atoms with E-state index in [2.05, 4.69) is 4.99 Å². The van der Waals surface area contributed by atoms with Crippen molar-refractivity contribution < 1.29 is 28.8 Å². The van der Waals surface area contributed by atoms with Crippen LogP contribution < -0.4 is 0 Å². The van der Waals surface area contributed by atoms with Crippen LogP contribution in [-0.4, -0.2) is 63.6 Å². The molecule has 11 heteroatoms. The van der Waals surface area contributed by atoms with Gasteiger partial charge in [0.25, 0.3) is 5.69 Å². The number of carboxylic acids is 1. The van der Waals surface area contributed by atoms with Gasteiger partial charge in [0.2, 0.25) is 5.91 Å².